The molecule has 2 heterocycles. The number of nitrogens with zero attached hydrogens (tertiary/aromatic N) is 3. The third kappa shape index (κ3) is 2.99. The number of fused-ring (bicyclic) bond motifs is 6. The summed E-state index contributed by atoms with van der Waals surface area (Å²) >= 11 is 3.07. The molecule has 0 radical (unpaired) electrons. The average molecular weight is 464 g/mol. The van der Waals surface area contributed by atoms with E-state index in [1.54, 1.807) is 30.0 Å². The largest absolute Gasteiger partial charge is 0.274 e. The molecule has 2 fully saturated rings. The predicted molar refractivity (Wildman–Crippen MR) is 122 cm³/mol. The number of thiazole rings is 1. The predicted octanol–water partition coefficient (Wildman–Crippen LogP) is 4.81. The fourth-order valence-corrected chi connectivity index (χ4v) is 7.17. The molecule has 4 atom stereocenters. The zero-order chi connectivity index (χ0) is 22.0. The molecule has 3 aromatic rings. The first-order valence-electron chi connectivity index (χ1n) is 10.3. The number of nitro groups is 1. The summed E-state index contributed by atoms with van der Waals surface area (Å²) in [4.78, 5) is 42.5. The molecule has 9 heteroatoms. The Morgan fingerprint density at radius 2 is 1.75 bits per heavy atom. The number of anilines is 1. The molecule has 32 heavy (non-hydrogen) atoms. The summed E-state index contributed by atoms with van der Waals surface area (Å²) in [7, 11) is 0. The van der Waals surface area contributed by atoms with Crippen molar-refractivity contribution >= 4 is 56.5 Å². The van der Waals surface area contributed by atoms with Gasteiger partial charge in [0.2, 0.25) is 11.8 Å². The molecule has 160 valence electrons. The van der Waals surface area contributed by atoms with Gasteiger partial charge in [0, 0.05) is 17.9 Å². The van der Waals surface area contributed by atoms with Crippen molar-refractivity contribution in [3.8, 4) is 0 Å². The van der Waals surface area contributed by atoms with Crippen LogP contribution in [0.5, 0.6) is 0 Å². The van der Waals surface area contributed by atoms with Gasteiger partial charge in [0.15, 0.2) is 4.34 Å². The Morgan fingerprint density at radius 3 is 2.41 bits per heavy atom. The van der Waals surface area contributed by atoms with Gasteiger partial charge in [-0.1, -0.05) is 36.0 Å². The van der Waals surface area contributed by atoms with Crippen LogP contribution < -0.4 is 4.90 Å². The molecule has 3 aliphatic rings. The van der Waals surface area contributed by atoms with Gasteiger partial charge < -0.3 is 0 Å². The van der Waals surface area contributed by atoms with E-state index in [0.29, 0.717) is 11.4 Å². The van der Waals surface area contributed by atoms with Gasteiger partial charge in [0.1, 0.15) is 0 Å². The normalized spacial score (nSPS) is 25.8. The van der Waals surface area contributed by atoms with Crippen LogP contribution in [0.15, 0.2) is 59.0 Å². The van der Waals surface area contributed by atoms with Gasteiger partial charge in [-0.15, -0.1) is 11.3 Å². The van der Waals surface area contributed by atoms with Crippen molar-refractivity contribution in [1.82, 2.24) is 4.98 Å². The minimum atomic E-state index is -0.410. The van der Waals surface area contributed by atoms with Crippen LogP contribution in [0.4, 0.5) is 11.4 Å². The number of hydrogen-bond acceptors (Lipinski definition) is 7. The number of amides is 2. The van der Waals surface area contributed by atoms with Gasteiger partial charge in [0.25, 0.3) is 5.69 Å². The van der Waals surface area contributed by atoms with Crippen LogP contribution >= 0.6 is 23.1 Å². The fraction of sp³-hybridized carbons (Fsp3) is 0.261. The highest BCUT2D eigenvalue weighted by atomic mass is 32.2. The number of hydrogen-bond donors (Lipinski definition) is 0. The lowest BCUT2D eigenvalue weighted by Gasteiger charge is -2.17. The Balaban J connectivity index is 1.21. The number of rotatable bonds is 5. The Labute approximate surface area is 191 Å². The summed E-state index contributed by atoms with van der Waals surface area (Å²) in [5, 5.41) is 10.8. The number of non-ortho nitro benzene ring substituents is 1. The molecule has 1 aromatic heterocycles. The monoisotopic (exact) mass is 463 g/mol. The first-order valence-corrected chi connectivity index (χ1v) is 12.1. The number of thioether (sulfide) groups is 1. The molecule has 0 N–H and O–H groups in total. The lowest BCUT2D eigenvalue weighted by atomic mass is 9.85. The van der Waals surface area contributed by atoms with E-state index < -0.39 is 4.92 Å². The van der Waals surface area contributed by atoms with E-state index in [-0.39, 0.29) is 41.2 Å². The average Bonchev–Trinajstić information content (AvgIpc) is 3.55. The molecule has 2 amide bonds. The summed E-state index contributed by atoms with van der Waals surface area (Å²) in [5.74, 6) is 0.473. The molecule has 1 saturated heterocycles. The van der Waals surface area contributed by atoms with Gasteiger partial charge in [-0.05, 0) is 42.0 Å². The summed E-state index contributed by atoms with van der Waals surface area (Å²) in [6.45, 7) is 0. The smallest absolute Gasteiger partial charge is 0.269 e. The Morgan fingerprint density at radius 1 is 1.06 bits per heavy atom. The Kier molecular flexibility index (Phi) is 4.44. The van der Waals surface area contributed by atoms with E-state index >= 15 is 0 Å². The Bertz CT molecular complexity index is 1290. The standard InChI is InChI=1S/C23H17N3O4S2/c27-21-19-13-3-4-14(9-13)20(19)22(28)25(21)16-7-8-17-18(10-16)32-23(24-17)31-11-12-1-5-15(6-2-12)26(29)30/h1-8,10,13-14,19-20H,9,11H2/t13-,14-,19+,20+/m0/s1. The Hall–Kier alpha value is -3.04. The molecule has 6 rings (SSSR count). The van der Waals surface area contributed by atoms with Crippen LogP contribution in [0.2, 0.25) is 0 Å². The van der Waals surface area contributed by atoms with Crippen LogP contribution in [-0.4, -0.2) is 21.7 Å². The molecule has 1 saturated carbocycles. The highest BCUT2D eigenvalue weighted by Crippen LogP contribution is 2.53. The number of aromatic nitrogens is 1. The highest BCUT2D eigenvalue weighted by molar-refractivity contribution is 8.00. The molecule has 0 spiro atoms. The van der Waals surface area contributed by atoms with Crippen molar-refractivity contribution in [3.63, 3.8) is 0 Å². The zero-order valence-corrected chi connectivity index (χ0v) is 18.3. The second kappa shape index (κ2) is 7.25. The maximum Gasteiger partial charge on any atom is 0.269 e. The van der Waals surface area contributed by atoms with Crippen LogP contribution in [-0.2, 0) is 15.3 Å². The second-order valence-electron chi connectivity index (χ2n) is 8.36. The number of benzene rings is 2. The van der Waals surface area contributed by atoms with Crippen LogP contribution in [0.1, 0.15) is 12.0 Å². The summed E-state index contributed by atoms with van der Waals surface area (Å²) < 4.78 is 1.79. The summed E-state index contributed by atoms with van der Waals surface area (Å²) in [5.41, 5.74) is 2.50. The first-order chi connectivity index (χ1) is 15.5. The van der Waals surface area contributed by atoms with E-state index in [4.69, 9.17) is 0 Å². The van der Waals surface area contributed by atoms with Crippen molar-refractivity contribution < 1.29 is 14.5 Å². The minimum Gasteiger partial charge on any atom is -0.274 e. The van der Waals surface area contributed by atoms with E-state index in [9.17, 15) is 19.7 Å². The quantitative estimate of drug-likeness (QED) is 0.177. The number of carbonyl (C=O) groups is 2. The second-order valence-corrected chi connectivity index (χ2v) is 10.6. The first kappa shape index (κ1) is 19.6. The maximum atomic E-state index is 13.1. The molecule has 7 nitrogen and oxygen atoms in total. The third-order valence-corrected chi connectivity index (χ3v) is 8.82. The molecule has 2 aliphatic carbocycles. The third-order valence-electron chi connectivity index (χ3n) is 6.59. The number of carbonyl (C=O) groups excluding carboxylic acids is 2. The molecular formula is C23H17N3O4S2. The molecule has 2 bridgehead atoms. The SMILES string of the molecule is O=C1[C@H]2[C@H](C(=O)N1c1ccc3nc(SCc4ccc([N+](=O)[O-])cc4)sc3c1)[C@H]1C=C[C@H]2C1. The fourth-order valence-electron chi connectivity index (χ4n) is 5.11. The molecule has 2 aromatic carbocycles. The van der Waals surface area contributed by atoms with Crippen molar-refractivity contribution in [2.45, 2.75) is 16.5 Å². The van der Waals surface area contributed by atoms with Crippen LogP contribution in [0.3, 0.4) is 0 Å². The van der Waals surface area contributed by atoms with E-state index in [1.807, 2.05) is 12.1 Å². The van der Waals surface area contributed by atoms with E-state index in [1.165, 1.54) is 28.4 Å². The number of imide groups is 1. The molecule has 1 aliphatic heterocycles. The van der Waals surface area contributed by atoms with Gasteiger partial charge in [0.05, 0.1) is 32.7 Å². The van der Waals surface area contributed by atoms with Crippen molar-refractivity contribution in [2.24, 2.45) is 23.7 Å². The van der Waals surface area contributed by atoms with Crippen molar-refractivity contribution in [1.29, 1.82) is 0 Å². The number of nitro benzene ring substituents is 1. The van der Waals surface area contributed by atoms with Gasteiger partial charge >= 0.3 is 0 Å². The number of allylic oxidation sites excluding steroid dienone is 2. The highest BCUT2D eigenvalue weighted by Gasteiger charge is 2.59. The van der Waals surface area contributed by atoms with Crippen molar-refractivity contribution in [3.05, 3.63) is 70.3 Å². The zero-order valence-electron chi connectivity index (χ0n) is 16.7. The van der Waals surface area contributed by atoms with E-state index in [0.717, 1.165) is 26.5 Å². The topological polar surface area (TPSA) is 93.4 Å². The minimum absolute atomic E-state index is 0.0743. The van der Waals surface area contributed by atoms with Gasteiger partial charge in [-0.25, -0.2) is 9.88 Å². The molecule has 0 unspecified atom stereocenters. The van der Waals surface area contributed by atoms with Crippen LogP contribution in [0.25, 0.3) is 10.2 Å². The lowest BCUT2D eigenvalue weighted by molar-refractivity contribution is -0.384. The van der Waals surface area contributed by atoms with Crippen LogP contribution in [0, 0.1) is 33.8 Å². The summed E-state index contributed by atoms with van der Waals surface area (Å²) in [6, 6.07) is 12.1. The maximum absolute atomic E-state index is 13.1. The lowest BCUT2D eigenvalue weighted by Crippen LogP contribution is -2.32. The molecular weight excluding hydrogens is 446 g/mol. The van der Waals surface area contributed by atoms with Crippen molar-refractivity contribution in [2.75, 3.05) is 4.90 Å². The summed E-state index contributed by atoms with van der Waals surface area (Å²) in [6.07, 6.45) is 5.12. The van der Waals surface area contributed by atoms with Gasteiger partial charge in [-0.3, -0.25) is 19.7 Å². The van der Waals surface area contributed by atoms with E-state index in [2.05, 4.69) is 17.1 Å². The van der Waals surface area contributed by atoms with Gasteiger partial charge in [-0.2, -0.15) is 0 Å².